The van der Waals surface area contributed by atoms with Gasteiger partial charge in [0.05, 0.1) is 0 Å². The summed E-state index contributed by atoms with van der Waals surface area (Å²) in [7, 11) is 0. The zero-order valence-corrected chi connectivity index (χ0v) is 9.29. The molecule has 0 bridgehead atoms. The Bertz CT molecular complexity index is 266. The maximum Gasteiger partial charge on any atom is 0.0255 e. The van der Waals surface area contributed by atoms with Crippen molar-refractivity contribution in [1.29, 1.82) is 0 Å². The SMILES string of the molecule is CC(C)C=C1CCC2C(C1)CC1NC12. The first-order valence-corrected chi connectivity index (χ1v) is 6.19. The summed E-state index contributed by atoms with van der Waals surface area (Å²) in [6, 6.07) is 1.85. The van der Waals surface area contributed by atoms with E-state index in [4.69, 9.17) is 0 Å². The minimum atomic E-state index is 0.746. The number of hydrogen-bond acceptors (Lipinski definition) is 1. The Morgan fingerprint density at radius 3 is 3.07 bits per heavy atom. The second kappa shape index (κ2) is 3.10. The second-order valence-electron chi connectivity index (χ2n) is 5.77. The van der Waals surface area contributed by atoms with E-state index >= 15 is 0 Å². The van der Waals surface area contributed by atoms with Crippen LogP contribution in [0.25, 0.3) is 0 Å². The zero-order chi connectivity index (χ0) is 9.71. The van der Waals surface area contributed by atoms with Crippen molar-refractivity contribution in [2.24, 2.45) is 17.8 Å². The molecule has 0 radical (unpaired) electrons. The van der Waals surface area contributed by atoms with Gasteiger partial charge in [-0.1, -0.05) is 25.5 Å². The summed E-state index contributed by atoms with van der Waals surface area (Å²) in [6.07, 6.45) is 8.22. The Hall–Kier alpha value is -0.300. The van der Waals surface area contributed by atoms with Gasteiger partial charge >= 0.3 is 0 Å². The molecule has 1 heterocycles. The Morgan fingerprint density at radius 1 is 1.43 bits per heavy atom. The van der Waals surface area contributed by atoms with Crippen molar-refractivity contribution in [3.05, 3.63) is 11.6 Å². The predicted molar refractivity (Wildman–Crippen MR) is 59.1 cm³/mol. The normalized spacial score (nSPS) is 48.1. The number of rotatable bonds is 1. The van der Waals surface area contributed by atoms with Gasteiger partial charge in [-0.25, -0.2) is 0 Å². The van der Waals surface area contributed by atoms with Crippen LogP contribution in [0.1, 0.15) is 39.5 Å². The van der Waals surface area contributed by atoms with Crippen molar-refractivity contribution < 1.29 is 0 Å². The molecule has 0 aromatic carbocycles. The smallest absolute Gasteiger partial charge is 0.0255 e. The maximum absolute atomic E-state index is 3.60. The monoisotopic (exact) mass is 191 g/mol. The first kappa shape index (κ1) is 8.96. The molecule has 1 saturated heterocycles. The maximum atomic E-state index is 3.60. The van der Waals surface area contributed by atoms with E-state index in [0.717, 1.165) is 29.8 Å². The van der Waals surface area contributed by atoms with Gasteiger partial charge in [-0.15, -0.1) is 0 Å². The summed E-state index contributed by atoms with van der Waals surface area (Å²) in [6.45, 7) is 4.60. The lowest BCUT2D eigenvalue weighted by molar-refractivity contribution is 0.293. The zero-order valence-electron chi connectivity index (χ0n) is 9.29. The van der Waals surface area contributed by atoms with E-state index in [1.54, 1.807) is 5.57 Å². The van der Waals surface area contributed by atoms with Crippen LogP contribution in [-0.2, 0) is 0 Å². The van der Waals surface area contributed by atoms with Gasteiger partial charge < -0.3 is 5.32 Å². The van der Waals surface area contributed by atoms with Crippen molar-refractivity contribution in [2.45, 2.75) is 51.6 Å². The molecule has 0 aromatic heterocycles. The molecular weight excluding hydrogens is 170 g/mol. The van der Waals surface area contributed by atoms with Crippen LogP contribution in [0.4, 0.5) is 0 Å². The summed E-state index contributed by atoms with van der Waals surface area (Å²) in [5, 5.41) is 3.60. The Balaban J connectivity index is 1.68. The van der Waals surface area contributed by atoms with Gasteiger partial charge in [-0.2, -0.15) is 0 Å². The average Bonchev–Trinajstić information content (AvgIpc) is 2.77. The fourth-order valence-electron chi connectivity index (χ4n) is 3.69. The van der Waals surface area contributed by atoms with Gasteiger partial charge in [0, 0.05) is 12.1 Å². The van der Waals surface area contributed by atoms with E-state index in [9.17, 15) is 0 Å². The van der Waals surface area contributed by atoms with Gasteiger partial charge in [0.1, 0.15) is 0 Å². The molecule has 4 atom stereocenters. The molecule has 3 fully saturated rings. The van der Waals surface area contributed by atoms with Crippen LogP contribution < -0.4 is 5.32 Å². The van der Waals surface area contributed by atoms with Crippen LogP contribution >= 0.6 is 0 Å². The number of hydrogen-bond donors (Lipinski definition) is 1. The fourth-order valence-corrected chi connectivity index (χ4v) is 3.69. The van der Waals surface area contributed by atoms with E-state index in [2.05, 4.69) is 25.2 Å². The molecule has 1 heteroatoms. The number of piperidine rings is 1. The molecule has 0 amide bonds. The van der Waals surface area contributed by atoms with Crippen molar-refractivity contribution in [1.82, 2.24) is 5.32 Å². The lowest BCUT2D eigenvalue weighted by Gasteiger charge is -2.29. The van der Waals surface area contributed by atoms with Crippen molar-refractivity contribution in [3.63, 3.8) is 0 Å². The third-order valence-electron chi connectivity index (χ3n) is 4.25. The van der Waals surface area contributed by atoms with Crippen LogP contribution in [0.2, 0.25) is 0 Å². The summed E-state index contributed by atoms with van der Waals surface area (Å²) >= 11 is 0. The topological polar surface area (TPSA) is 21.9 Å². The highest BCUT2D eigenvalue weighted by Gasteiger charge is 2.53. The lowest BCUT2D eigenvalue weighted by atomic mass is 9.77. The number of allylic oxidation sites excluding steroid dienone is 2. The largest absolute Gasteiger partial charge is 0.308 e. The molecule has 0 aromatic rings. The van der Waals surface area contributed by atoms with Crippen molar-refractivity contribution in [2.75, 3.05) is 0 Å². The minimum absolute atomic E-state index is 0.746. The number of nitrogens with one attached hydrogen (secondary N) is 1. The highest BCUT2D eigenvalue weighted by molar-refractivity contribution is 5.18. The predicted octanol–water partition coefficient (Wildman–Crippen LogP) is 2.73. The van der Waals surface area contributed by atoms with Gasteiger partial charge in [0.25, 0.3) is 0 Å². The summed E-state index contributed by atoms with van der Waals surface area (Å²) < 4.78 is 0. The molecule has 3 rings (SSSR count). The molecule has 4 unspecified atom stereocenters. The summed E-state index contributed by atoms with van der Waals surface area (Å²) in [4.78, 5) is 0. The third-order valence-corrected chi connectivity index (χ3v) is 4.25. The van der Waals surface area contributed by atoms with Gasteiger partial charge in [-0.05, 0) is 43.4 Å². The van der Waals surface area contributed by atoms with E-state index < -0.39 is 0 Å². The molecule has 0 spiro atoms. The van der Waals surface area contributed by atoms with Gasteiger partial charge in [-0.3, -0.25) is 0 Å². The van der Waals surface area contributed by atoms with Crippen LogP contribution in [0.3, 0.4) is 0 Å². The molecule has 78 valence electrons. The quantitative estimate of drug-likeness (QED) is 0.499. The molecule has 2 saturated carbocycles. The molecular formula is C13H21N. The van der Waals surface area contributed by atoms with Gasteiger partial charge in [0.2, 0.25) is 0 Å². The molecule has 1 N–H and O–H groups in total. The van der Waals surface area contributed by atoms with Crippen LogP contribution in [0.5, 0.6) is 0 Å². The van der Waals surface area contributed by atoms with E-state index in [1.165, 1.54) is 25.7 Å². The van der Waals surface area contributed by atoms with E-state index in [0.29, 0.717) is 0 Å². The molecule has 3 aliphatic rings. The second-order valence-corrected chi connectivity index (χ2v) is 5.77. The highest BCUT2D eigenvalue weighted by atomic mass is 15.2. The summed E-state index contributed by atoms with van der Waals surface area (Å²) in [5.41, 5.74) is 1.75. The van der Waals surface area contributed by atoms with Crippen LogP contribution in [-0.4, -0.2) is 12.1 Å². The van der Waals surface area contributed by atoms with E-state index in [1.807, 2.05) is 0 Å². The van der Waals surface area contributed by atoms with Gasteiger partial charge in [0.15, 0.2) is 0 Å². The van der Waals surface area contributed by atoms with Crippen LogP contribution in [0, 0.1) is 17.8 Å². The average molecular weight is 191 g/mol. The highest BCUT2D eigenvalue weighted by Crippen LogP contribution is 2.49. The lowest BCUT2D eigenvalue weighted by Crippen LogP contribution is -2.23. The van der Waals surface area contributed by atoms with Crippen molar-refractivity contribution >= 4 is 0 Å². The standard InChI is InChI=1S/C13H21N/c1-8(2)5-9-3-4-11-10(6-9)7-12-13(11)14-12/h5,8,10-14H,3-4,6-7H2,1-2H3. The van der Waals surface area contributed by atoms with Crippen LogP contribution in [0.15, 0.2) is 11.6 Å². The van der Waals surface area contributed by atoms with E-state index in [-0.39, 0.29) is 0 Å². The fraction of sp³-hybridized carbons (Fsp3) is 0.846. The molecule has 1 nitrogen and oxygen atoms in total. The molecule has 14 heavy (non-hydrogen) atoms. The minimum Gasteiger partial charge on any atom is -0.308 e. The number of fused-ring (bicyclic) bond motifs is 3. The third kappa shape index (κ3) is 1.42. The van der Waals surface area contributed by atoms with Crippen molar-refractivity contribution in [3.8, 4) is 0 Å². The Labute approximate surface area is 87.0 Å². The first-order valence-electron chi connectivity index (χ1n) is 6.19. The Morgan fingerprint density at radius 2 is 2.29 bits per heavy atom. The first-order chi connectivity index (χ1) is 6.74. The molecule has 1 aliphatic heterocycles. The molecule has 2 aliphatic carbocycles. The summed E-state index contributed by atoms with van der Waals surface area (Å²) in [5.74, 6) is 2.81. The Kier molecular flexibility index (Phi) is 1.98.